The van der Waals surface area contributed by atoms with Crippen LogP contribution in [0, 0.1) is 0 Å². The molecule has 0 bridgehead atoms. The number of cyclic esters (lactones) is 1. The third kappa shape index (κ3) is 3.19. The molecule has 5 nitrogen and oxygen atoms in total. The number of carbonyl (C=O) groups is 1. The van der Waals surface area contributed by atoms with Crippen molar-refractivity contribution in [3.05, 3.63) is 35.5 Å². The fraction of sp³-hybridized carbons (Fsp3) is 0.438. The molecular formula is C16H21N3O2. The number of hydrogen-bond acceptors (Lipinski definition) is 3. The van der Waals surface area contributed by atoms with Crippen molar-refractivity contribution >= 4 is 17.0 Å². The monoisotopic (exact) mass is 299 g/mol. The van der Waals surface area contributed by atoms with E-state index in [1.807, 2.05) is 0 Å². The second kappa shape index (κ2) is 5.77. The molecule has 0 spiro atoms. The van der Waals surface area contributed by atoms with Crippen molar-refractivity contribution < 1.29 is 26.1 Å². The van der Waals surface area contributed by atoms with Gasteiger partial charge in [-0.05, 0) is 50.0 Å². The standard InChI is InChI=1S/C16H21N3O2/c1-19(2)6-5-12-9-17-15-4-3-11(8-14(12)15)7-13-10-21-16(20)18-13/h3-4,8-9,13,17H,5-7,10H2,1-2H3,(H,18,20)/t13-/m0/s1/i1D3,5D2,7D2,9D,10D2/hD2. The number of aromatic amines is 1. The Morgan fingerprint density at radius 3 is 3.38 bits per heavy atom. The van der Waals surface area contributed by atoms with E-state index < -0.39 is 51.1 Å². The van der Waals surface area contributed by atoms with Crippen molar-refractivity contribution in [2.75, 3.05) is 27.1 Å². The van der Waals surface area contributed by atoms with E-state index in [0.717, 1.165) is 11.0 Å². The normalized spacial score (nSPS) is 31.4. The minimum absolute atomic E-state index is 0.0412. The summed E-state index contributed by atoms with van der Waals surface area (Å²) in [5, 5.41) is 0.00369. The number of fused-ring (bicyclic) bond motifs is 1. The number of hydrogen-bond donors (Lipinski definition) is 2. The van der Waals surface area contributed by atoms with Crippen molar-refractivity contribution in [1.29, 1.82) is 0 Å². The third-order valence-electron chi connectivity index (χ3n) is 2.84. The molecule has 1 fully saturated rings. The quantitative estimate of drug-likeness (QED) is 0.887. The molecule has 3 rings (SSSR count). The highest BCUT2D eigenvalue weighted by atomic mass is 16.6. The zero-order valence-corrected chi connectivity index (χ0v) is 11.2. The number of alkyl carbamates (subject to hydrolysis) is 1. The van der Waals surface area contributed by atoms with Gasteiger partial charge in [-0.3, -0.25) is 0 Å². The van der Waals surface area contributed by atoms with Crippen LogP contribution in [-0.4, -0.2) is 49.1 Å². The first-order valence-corrected chi connectivity index (χ1v) is 6.20. The molecule has 1 amide bonds. The maximum Gasteiger partial charge on any atom is 0.407 e. The van der Waals surface area contributed by atoms with Crippen LogP contribution in [0.15, 0.2) is 24.4 Å². The van der Waals surface area contributed by atoms with Crippen LogP contribution in [0.3, 0.4) is 0 Å². The predicted molar refractivity (Wildman–Crippen MR) is 82.5 cm³/mol. The largest absolute Gasteiger partial charge is 0.447 e. The fourth-order valence-corrected chi connectivity index (χ4v) is 1.92. The molecule has 112 valence electrons. The van der Waals surface area contributed by atoms with Gasteiger partial charge < -0.3 is 19.9 Å². The van der Waals surface area contributed by atoms with Crippen LogP contribution in [0.5, 0.6) is 0 Å². The average Bonchev–Trinajstić information content (AvgIpc) is 3.02. The highest BCUT2D eigenvalue weighted by molar-refractivity contribution is 5.84. The number of nitrogens with one attached hydrogen (secondary N) is 2. The lowest BCUT2D eigenvalue weighted by Gasteiger charge is -2.09. The van der Waals surface area contributed by atoms with Crippen molar-refractivity contribution in [2.45, 2.75) is 18.8 Å². The Balaban J connectivity index is 2.16. The molecule has 1 aliphatic heterocycles. The molecular weight excluding hydrogens is 266 g/mol. The number of rotatable bonds is 5. The number of ether oxygens (including phenoxy) is 1. The maximum absolute atomic E-state index is 11.7. The van der Waals surface area contributed by atoms with E-state index in [9.17, 15) is 4.79 Å². The molecule has 2 N–H and O–H groups in total. The van der Waals surface area contributed by atoms with Crippen LogP contribution in [0.4, 0.5) is 4.79 Å². The van der Waals surface area contributed by atoms with Gasteiger partial charge >= 0.3 is 6.09 Å². The Bertz CT molecular complexity index is 1100. The molecule has 21 heavy (non-hydrogen) atoms. The van der Waals surface area contributed by atoms with Crippen molar-refractivity contribution in [3.8, 4) is 0 Å². The first-order valence-electron chi connectivity index (χ1n) is 12.1. The molecule has 0 saturated carbocycles. The smallest absolute Gasteiger partial charge is 0.407 e. The molecule has 0 aliphatic carbocycles. The maximum atomic E-state index is 11.7. The summed E-state index contributed by atoms with van der Waals surface area (Å²) in [6, 6.07) is 1.55. The van der Waals surface area contributed by atoms with Gasteiger partial charge in [0, 0.05) is 33.2 Å². The number of nitrogens with zero attached hydrogens (tertiary/aromatic N) is 1. The van der Waals surface area contributed by atoms with Crippen LogP contribution in [0.25, 0.3) is 10.9 Å². The Morgan fingerprint density at radius 1 is 1.71 bits per heavy atom. The van der Waals surface area contributed by atoms with Gasteiger partial charge in [-0.2, -0.15) is 0 Å². The van der Waals surface area contributed by atoms with E-state index in [1.165, 1.54) is 19.2 Å². The molecule has 5 heteroatoms. The zero-order chi connectivity index (χ0) is 25.3. The fourth-order valence-electron chi connectivity index (χ4n) is 1.92. The summed E-state index contributed by atoms with van der Waals surface area (Å²) in [6.45, 7) is -6.10. The third-order valence-corrected chi connectivity index (χ3v) is 2.84. The summed E-state index contributed by atoms with van der Waals surface area (Å²) < 4.78 is 100. The summed E-state index contributed by atoms with van der Waals surface area (Å²) in [7, 11) is 1.18. The molecule has 1 aliphatic rings. The Morgan fingerprint density at radius 2 is 2.62 bits per heavy atom. The van der Waals surface area contributed by atoms with Crippen molar-refractivity contribution in [2.24, 2.45) is 0 Å². The van der Waals surface area contributed by atoms with Crippen LogP contribution >= 0.6 is 0 Å². The predicted octanol–water partition coefficient (Wildman–Crippen LogP) is 1.92. The number of aromatic nitrogens is 1. The highest BCUT2D eigenvalue weighted by Crippen LogP contribution is 2.21. The molecule has 1 aromatic carbocycles. The SMILES string of the molecule is [2H]c1c(C([2H])([2H])CN(C)C([2H])([2H])[2H])c2cc(C([2H])([2H])[C@@H]3N([2H])C(=O)OC3([2H])[2H])ccc2n1[2H]. The van der Waals surface area contributed by atoms with E-state index >= 15 is 0 Å². The number of carbonyl (C=O) groups excluding carboxylic acids is 1. The lowest BCUT2D eigenvalue weighted by molar-refractivity contribution is 0.177. The first kappa shape index (κ1) is 5.65. The van der Waals surface area contributed by atoms with Crippen LogP contribution in [0.2, 0.25) is 2.82 Å². The topological polar surface area (TPSA) is 57.4 Å². The zero-order valence-electron chi connectivity index (χ0n) is 23.2. The molecule has 0 radical (unpaired) electrons. The summed E-state index contributed by atoms with van der Waals surface area (Å²) >= 11 is 0. The number of amides is 1. The minimum Gasteiger partial charge on any atom is -0.447 e. The van der Waals surface area contributed by atoms with Crippen molar-refractivity contribution in [1.82, 2.24) is 15.2 Å². The van der Waals surface area contributed by atoms with Crippen molar-refractivity contribution in [3.63, 3.8) is 0 Å². The number of likely N-dealkylation sites (N-methyl/N-ethyl adjacent to an activating group) is 1. The molecule has 2 heterocycles. The molecule has 1 saturated heterocycles. The number of H-pyrrole nitrogens is 1. The van der Waals surface area contributed by atoms with Gasteiger partial charge in [0.15, 0.2) is 2.82 Å². The van der Waals surface area contributed by atoms with Crippen LogP contribution < -0.4 is 5.31 Å². The van der Waals surface area contributed by atoms with Gasteiger partial charge in [-0.1, -0.05) is 6.07 Å². The lowest BCUT2D eigenvalue weighted by atomic mass is 10.0. The van der Waals surface area contributed by atoms with E-state index in [2.05, 4.69) is 4.74 Å². The summed E-state index contributed by atoms with van der Waals surface area (Å²) in [4.78, 5) is 13.1. The van der Waals surface area contributed by atoms with Gasteiger partial charge in [-0.15, -0.1) is 0 Å². The lowest BCUT2D eigenvalue weighted by Crippen LogP contribution is -2.28. The van der Waals surface area contributed by atoms with Crippen LogP contribution in [-0.2, 0) is 17.5 Å². The van der Waals surface area contributed by atoms with Gasteiger partial charge in [-0.25, -0.2) is 4.79 Å². The Labute approximate surface area is 141 Å². The van der Waals surface area contributed by atoms with Crippen LogP contribution in [0.1, 0.15) is 24.8 Å². The van der Waals surface area contributed by atoms with Gasteiger partial charge in [0.05, 0.1) is 10.2 Å². The molecule has 1 atom stereocenters. The highest BCUT2D eigenvalue weighted by Gasteiger charge is 2.22. The van der Waals surface area contributed by atoms with E-state index in [1.54, 1.807) is 0 Å². The summed E-state index contributed by atoms with van der Waals surface area (Å²) in [5.74, 6) is 0. The van der Waals surface area contributed by atoms with Gasteiger partial charge in [0.25, 0.3) is 0 Å². The summed E-state index contributed by atoms with van der Waals surface area (Å²) in [6.07, 6.45) is -7.05. The van der Waals surface area contributed by atoms with E-state index in [4.69, 9.17) is 16.5 Å². The Hall–Kier alpha value is -2.01. The minimum atomic E-state index is -2.83. The van der Waals surface area contributed by atoms with E-state index in [0.29, 0.717) is 4.98 Å². The average molecular weight is 299 g/mol. The van der Waals surface area contributed by atoms with Gasteiger partial charge in [0.2, 0.25) is 0 Å². The summed E-state index contributed by atoms with van der Waals surface area (Å²) in [5.41, 5.74) is -0.545. The second-order valence-electron chi connectivity index (χ2n) is 4.53. The molecule has 0 unspecified atom stereocenters. The number of benzene rings is 1. The second-order valence-corrected chi connectivity index (χ2v) is 4.53. The van der Waals surface area contributed by atoms with Gasteiger partial charge in [0.1, 0.15) is 6.56 Å². The van der Waals surface area contributed by atoms with E-state index in [-0.39, 0.29) is 27.3 Å². The molecule has 2 aromatic rings. The Kier molecular flexibility index (Phi) is 1.55. The first-order chi connectivity index (χ1) is 14.8. The molecule has 1 aromatic heterocycles.